The number of nitrogens with one attached hydrogen (secondary N) is 1. The van der Waals surface area contributed by atoms with E-state index >= 15 is 0 Å². The van der Waals surface area contributed by atoms with Crippen molar-refractivity contribution in [2.24, 2.45) is 0 Å². The van der Waals surface area contributed by atoms with Crippen molar-refractivity contribution in [2.75, 3.05) is 0 Å². The number of rotatable bonds is 7. The summed E-state index contributed by atoms with van der Waals surface area (Å²) in [7, 11) is 0. The minimum absolute atomic E-state index is 0.260. The molecule has 134 valence electrons. The van der Waals surface area contributed by atoms with Gasteiger partial charge in [-0.25, -0.2) is 0 Å². The van der Waals surface area contributed by atoms with Crippen molar-refractivity contribution in [2.45, 2.75) is 26.1 Å². The molecule has 0 saturated carbocycles. The summed E-state index contributed by atoms with van der Waals surface area (Å²) in [5, 5.41) is 4.29. The van der Waals surface area contributed by atoms with Crippen LogP contribution < -0.4 is 10.1 Å². The highest BCUT2D eigenvalue weighted by molar-refractivity contribution is 9.10. The molecule has 0 aliphatic carbocycles. The van der Waals surface area contributed by atoms with Gasteiger partial charge in [0.25, 0.3) is 0 Å². The third-order valence-corrected chi connectivity index (χ3v) is 4.93. The van der Waals surface area contributed by atoms with E-state index in [4.69, 9.17) is 16.3 Å². The molecule has 0 unspecified atom stereocenters. The molecule has 3 aromatic carbocycles. The van der Waals surface area contributed by atoms with Gasteiger partial charge in [0.1, 0.15) is 12.4 Å². The van der Waals surface area contributed by atoms with Crippen LogP contribution in [0.25, 0.3) is 0 Å². The molecule has 26 heavy (non-hydrogen) atoms. The number of hydrogen-bond acceptors (Lipinski definition) is 2. The van der Waals surface area contributed by atoms with Crippen LogP contribution >= 0.6 is 27.5 Å². The lowest BCUT2D eigenvalue weighted by Gasteiger charge is -2.17. The molecule has 0 radical (unpaired) electrons. The lowest BCUT2D eigenvalue weighted by molar-refractivity contribution is 0.301. The van der Waals surface area contributed by atoms with E-state index < -0.39 is 0 Å². The molecule has 0 saturated heterocycles. The van der Waals surface area contributed by atoms with Gasteiger partial charge >= 0.3 is 0 Å². The molecule has 0 fully saturated rings. The first-order valence-corrected chi connectivity index (χ1v) is 9.73. The van der Waals surface area contributed by atoms with Crippen molar-refractivity contribution in [1.29, 1.82) is 0 Å². The second-order valence-electron chi connectivity index (χ2n) is 6.18. The molecule has 0 aliphatic rings. The lowest BCUT2D eigenvalue weighted by atomic mass is 10.1. The number of benzene rings is 3. The SMILES string of the molecule is C[C@@H](NCc1cc(Br)ccc1OCc1cccc(Cl)c1)c1ccccc1. The second kappa shape index (κ2) is 9.22. The maximum Gasteiger partial charge on any atom is 0.124 e. The van der Waals surface area contributed by atoms with E-state index in [1.165, 1.54) is 5.56 Å². The minimum Gasteiger partial charge on any atom is -0.489 e. The highest BCUT2D eigenvalue weighted by Gasteiger charge is 2.09. The fourth-order valence-corrected chi connectivity index (χ4v) is 3.36. The van der Waals surface area contributed by atoms with Crippen molar-refractivity contribution in [3.63, 3.8) is 0 Å². The number of hydrogen-bond donors (Lipinski definition) is 1. The van der Waals surface area contributed by atoms with Gasteiger partial charge in [-0.1, -0.05) is 70.0 Å². The van der Waals surface area contributed by atoms with Crippen LogP contribution in [0.1, 0.15) is 29.7 Å². The second-order valence-corrected chi connectivity index (χ2v) is 7.54. The average molecular weight is 431 g/mol. The van der Waals surface area contributed by atoms with Crippen molar-refractivity contribution in [3.05, 3.63) is 99.0 Å². The van der Waals surface area contributed by atoms with Gasteiger partial charge in [0, 0.05) is 27.6 Å². The Labute approximate surface area is 168 Å². The van der Waals surface area contributed by atoms with Gasteiger partial charge in [-0.2, -0.15) is 0 Å². The molecule has 1 N–H and O–H groups in total. The highest BCUT2D eigenvalue weighted by atomic mass is 79.9. The number of halogens is 2. The van der Waals surface area contributed by atoms with Gasteiger partial charge < -0.3 is 10.1 Å². The molecule has 3 rings (SSSR count). The quantitative estimate of drug-likeness (QED) is 0.460. The van der Waals surface area contributed by atoms with Crippen LogP contribution in [0.3, 0.4) is 0 Å². The van der Waals surface area contributed by atoms with Crippen molar-refractivity contribution >= 4 is 27.5 Å². The Morgan fingerprint density at radius 1 is 1.00 bits per heavy atom. The van der Waals surface area contributed by atoms with E-state index in [-0.39, 0.29) is 6.04 Å². The first-order chi connectivity index (χ1) is 12.6. The summed E-state index contributed by atoms with van der Waals surface area (Å²) in [6.45, 7) is 3.38. The maximum atomic E-state index is 6.05. The fourth-order valence-electron chi connectivity index (χ4n) is 2.74. The van der Waals surface area contributed by atoms with E-state index in [0.29, 0.717) is 6.61 Å². The Bertz CT molecular complexity index is 854. The Balaban J connectivity index is 1.67. The van der Waals surface area contributed by atoms with Crippen LogP contribution in [0.5, 0.6) is 5.75 Å². The molecule has 0 amide bonds. The molecule has 0 heterocycles. The predicted molar refractivity (Wildman–Crippen MR) is 112 cm³/mol. The summed E-state index contributed by atoms with van der Waals surface area (Å²) in [5.74, 6) is 0.876. The van der Waals surface area contributed by atoms with Crippen LogP contribution in [0.15, 0.2) is 77.3 Å². The average Bonchev–Trinajstić information content (AvgIpc) is 2.66. The smallest absolute Gasteiger partial charge is 0.124 e. The van der Waals surface area contributed by atoms with Gasteiger partial charge in [-0.15, -0.1) is 0 Å². The third kappa shape index (κ3) is 5.34. The molecule has 2 nitrogen and oxygen atoms in total. The maximum absolute atomic E-state index is 6.05. The van der Waals surface area contributed by atoms with E-state index in [1.807, 2.05) is 42.5 Å². The lowest BCUT2D eigenvalue weighted by Crippen LogP contribution is -2.18. The van der Waals surface area contributed by atoms with Gasteiger partial charge in [0.15, 0.2) is 0 Å². The standard InChI is InChI=1S/C22H21BrClNO/c1-16(18-7-3-2-4-8-18)25-14-19-13-20(23)10-11-22(19)26-15-17-6-5-9-21(24)12-17/h2-13,16,25H,14-15H2,1H3/t16-/m1/s1. The van der Waals surface area contributed by atoms with E-state index in [9.17, 15) is 0 Å². The van der Waals surface area contributed by atoms with Gasteiger partial charge in [-0.05, 0) is 48.4 Å². The monoisotopic (exact) mass is 429 g/mol. The zero-order valence-electron chi connectivity index (χ0n) is 14.6. The van der Waals surface area contributed by atoms with Gasteiger partial charge in [-0.3, -0.25) is 0 Å². The summed E-state index contributed by atoms with van der Waals surface area (Å²) in [4.78, 5) is 0. The normalized spacial score (nSPS) is 12.0. The van der Waals surface area contributed by atoms with Gasteiger partial charge in [0.05, 0.1) is 0 Å². The van der Waals surface area contributed by atoms with E-state index in [0.717, 1.165) is 32.9 Å². The summed E-state index contributed by atoms with van der Waals surface area (Å²) in [5.41, 5.74) is 3.44. The van der Waals surface area contributed by atoms with Crippen molar-refractivity contribution in [1.82, 2.24) is 5.32 Å². The predicted octanol–water partition coefficient (Wildman–Crippen LogP) is 6.53. The van der Waals surface area contributed by atoms with Crippen molar-refractivity contribution < 1.29 is 4.74 Å². The highest BCUT2D eigenvalue weighted by Crippen LogP contribution is 2.25. The molecule has 3 aromatic rings. The zero-order valence-corrected chi connectivity index (χ0v) is 16.9. The summed E-state index contributed by atoms with van der Waals surface area (Å²) < 4.78 is 7.09. The Morgan fingerprint density at radius 3 is 2.58 bits per heavy atom. The van der Waals surface area contributed by atoms with Crippen LogP contribution in [0.2, 0.25) is 5.02 Å². The largest absolute Gasteiger partial charge is 0.489 e. The molecular formula is C22H21BrClNO. The van der Waals surface area contributed by atoms with E-state index in [2.05, 4.69) is 58.5 Å². The van der Waals surface area contributed by atoms with Crippen LogP contribution in [-0.4, -0.2) is 0 Å². The fraction of sp³-hybridized carbons (Fsp3) is 0.182. The zero-order chi connectivity index (χ0) is 18.4. The number of ether oxygens (including phenoxy) is 1. The molecule has 0 aromatic heterocycles. The van der Waals surface area contributed by atoms with Gasteiger partial charge in [0.2, 0.25) is 0 Å². The molecular weight excluding hydrogens is 410 g/mol. The third-order valence-electron chi connectivity index (χ3n) is 4.20. The molecule has 0 spiro atoms. The molecule has 1 atom stereocenters. The summed E-state index contributed by atoms with van der Waals surface area (Å²) >= 11 is 9.60. The van der Waals surface area contributed by atoms with Crippen LogP contribution in [-0.2, 0) is 13.2 Å². The first kappa shape index (κ1) is 19.0. The summed E-state index contributed by atoms with van der Waals surface area (Å²) in [6.07, 6.45) is 0. The van der Waals surface area contributed by atoms with E-state index in [1.54, 1.807) is 0 Å². The van der Waals surface area contributed by atoms with Crippen LogP contribution in [0.4, 0.5) is 0 Å². The minimum atomic E-state index is 0.260. The van der Waals surface area contributed by atoms with Crippen LogP contribution in [0, 0.1) is 0 Å². The Morgan fingerprint density at radius 2 is 1.81 bits per heavy atom. The van der Waals surface area contributed by atoms with Crippen molar-refractivity contribution in [3.8, 4) is 5.75 Å². The molecule has 0 bridgehead atoms. The molecule has 0 aliphatic heterocycles. The topological polar surface area (TPSA) is 21.3 Å². The molecule has 4 heteroatoms. The Kier molecular flexibility index (Phi) is 6.73. The first-order valence-electron chi connectivity index (χ1n) is 8.56. The summed E-state index contributed by atoms with van der Waals surface area (Å²) in [6, 6.07) is 24.5. The Hall–Kier alpha value is -1.81.